The van der Waals surface area contributed by atoms with Gasteiger partial charge in [-0.2, -0.15) is 8.78 Å². The molecule has 0 spiro atoms. The number of hydrogen-bond donors (Lipinski definition) is 0. The van der Waals surface area contributed by atoms with Crippen LogP contribution in [-0.2, 0) is 11.2 Å². The Morgan fingerprint density at radius 2 is 2.19 bits per heavy atom. The van der Waals surface area contributed by atoms with E-state index in [4.69, 9.17) is 0 Å². The van der Waals surface area contributed by atoms with Crippen LogP contribution in [0.3, 0.4) is 0 Å². The van der Waals surface area contributed by atoms with Crippen LogP contribution < -0.4 is 4.74 Å². The van der Waals surface area contributed by atoms with Gasteiger partial charge in [0.1, 0.15) is 11.5 Å². The molecule has 1 rings (SSSR count). The van der Waals surface area contributed by atoms with E-state index in [0.29, 0.717) is 11.8 Å². The normalized spacial score (nSPS) is 10.6. The Hall–Kier alpha value is -0.240. The fourth-order valence-electron chi connectivity index (χ4n) is 1.11. The van der Waals surface area contributed by atoms with E-state index in [1.807, 2.05) is 22.6 Å². The standard InChI is InChI=1S/C10H8BrF2IO2/c11-5-7(15)3-6-1-2-8(4-9(6)14)16-10(12)13/h1-2,4,10H,3,5H2. The summed E-state index contributed by atoms with van der Waals surface area (Å²) >= 11 is 5.06. The molecule has 0 amide bonds. The molecular weight excluding hydrogens is 397 g/mol. The Morgan fingerprint density at radius 3 is 2.69 bits per heavy atom. The molecule has 0 unspecified atom stereocenters. The van der Waals surface area contributed by atoms with Crippen molar-refractivity contribution in [3.05, 3.63) is 27.3 Å². The van der Waals surface area contributed by atoms with Crippen molar-refractivity contribution in [2.45, 2.75) is 13.0 Å². The Bertz CT molecular complexity index is 385. The molecule has 0 saturated carbocycles. The molecule has 0 N–H and O–H groups in total. The summed E-state index contributed by atoms with van der Waals surface area (Å²) in [4.78, 5) is 11.2. The van der Waals surface area contributed by atoms with Crippen LogP contribution >= 0.6 is 38.5 Å². The quantitative estimate of drug-likeness (QED) is 0.555. The molecule has 2 nitrogen and oxygen atoms in total. The van der Waals surface area contributed by atoms with Crippen molar-refractivity contribution >= 4 is 44.3 Å². The molecule has 0 aromatic heterocycles. The van der Waals surface area contributed by atoms with Crippen molar-refractivity contribution in [3.8, 4) is 5.75 Å². The number of halogens is 4. The van der Waals surface area contributed by atoms with Gasteiger partial charge in [-0.25, -0.2) is 0 Å². The Balaban J connectivity index is 2.79. The SMILES string of the molecule is O=C(CBr)Cc1ccc(OC(F)F)cc1I. The number of alkyl halides is 3. The molecule has 0 aliphatic rings. The lowest BCUT2D eigenvalue weighted by Crippen LogP contribution is -2.06. The van der Waals surface area contributed by atoms with Crippen LogP contribution in [0.5, 0.6) is 5.75 Å². The number of ether oxygens (including phenoxy) is 1. The average molecular weight is 405 g/mol. The van der Waals surface area contributed by atoms with Crippen LogP contribution in [0.15, 0.2) is 18.2 Å². The van der Waals surface area contributed by atoms with Crippen LogP contribution in [0.4, 0.5) is 8.78 Å². The highest BCUT2D eigenvalue weighted by atomic mass is 127. The molecular formula is C10H8BrF2IO2. The number of hydrogen-bond acceptors (Lipinski definition) is 2. The smallest absolute Gasteiger partial charge is 0.387 e. The highest BCUT2D eigenvalue weighted by molar-refractivity contribution is 14.1. The minimum absolute atomic E-state index is 0.0421. The van der Waals surface area contributed by atoms with Gasteiger partial charge >= 0.3 is 6.61 Å². The largest absolute Gasteiger partial charge is 0.435 e. The number of Topliss-reactive ketones (excluding diaryl/α,β-unsaturated/α-hetero) is 1. The minimum atomic E-state index is -2.83. The molecule has 1 aromatic rings. The third-order valence-corrected chi connectivity index (χ3v) is 3.42. The molecule has 0 radical (unpaired) electrons. The van der Waals surface area contributed by atoms with Gasteiger partial charge in [0.15, 0.2) is 0 Å². The molecule has 0 atom stereocenters. The zero-order chi connectivity index (χ0) is 12.1. The van der Waals surface area contributed by atoms with Crippen LogP contribution in [0.1, 0.15) is 5.56 Å². The van der Waals surface area contributed by atoms with Gasteiger partial charge < -0.3 is 4.74 Å². The molecule has 0 saturated heterocycles. The van der Waals surface area contributed by atoms with Gasteiger partial charge in [-0.15, -0.1) is 0 Å². The predicted octanol–water partition coefficient (Wildman–Crippen LogP) is 3.40. The van der Waals surface area contributed by atoms with Crippen molar-refractivity contribution in [3.63, 3.8) is 0 Å². The third kappa shape index (κ3) is 4.32. The lowest BCUT2D eigenvalue weighted by atomic mass is 10.1. The topological polar surface area (TPSA) is 26.3 Å². The second-order valence-corrected chi connectivity index (χ2v) is 4.70. The number of carbonyl (C=O) groups excluding carboxylic acids is 1. The molecule has 1 aromatic carbocycles. The fourth-order valence-corrected chi connectivity index (χ4v) is 1.98. The lowest BCUT2D eigenvalue weighted by Gasteiger charge is -2.07. The van der Waals surface area contributed by atoms with Crippen molar-refractivity contribution in [2.75, 3.05) is 5.33 Å². The summed E-state index contributed by atoms with van der Waals surface area (Å²) in [5.74, 6) is 0.148. The van der Waals surface area contributed by atoms with Gasteiger partial charge in [-0.05, 0) is 40.3 Å². The van der Waals surface area contributed by atoms with Crippen LogP contribution in [0.25, 0.3) is 0 Å². The maximum absolute atomic E-state index is 11.9. The molecule has 0 fully saturated rings. The summed E-state index contributed by atoms with van der Waals surface area (Å²) in [5, 5.41) is 0.290. The van der Waals surface area contributed by atoms with E-state index in [-0.39, 0.29) is 11.5 Å². The predicted molar refractivity (Wildman–Crippen MR) is 68.3 cm³/mol. The summed E-state index contributed by atoms with van der Waals surface area (Å²) in [6, 6.07) is 4.55. The fraction of sp³-hybridized carbons (Fsp3) is 0.300. The highest BCUT2D eigenvalue weighted by Crippen LogP contribution is 2.21. The van der Waals surface area contributed by atoms with Crippen LogP contribution in [0, 0.1) is 3.57 Å². The monoisotopic (exact) mass is 404 g/mol. The molecule has 0 heterocycles. The maximum Gasteiger partial charge on any atom is 0.387 e. The van der Waals surface area contributed by atoms with Crippen LogP contribution in [-0.4, -0.2) is 17.7 Å². The number of carbonyl (C=O) groups is 1. The second-order valence-electron chi connectivity index (χ2n) is 2.98. The Kier molecular flexibility index (Phi) is 5.60. The first-order chi connectivity index (χ1) is 7.52. The number of rotatable bonds is 5. The average Bonchev–Trinajstić information content (AvgIpc) is 2.21. The van der Waals surface area contributed by atoms with Crippen molar-refractivity contribution < 1.29 is 18.3 Å². The van der Waals surface area contributed by atoms with Crippen molar-refractivity contribution in [1.82, 2.24) is 0 Å². The van der Waals surface area contributed by atoms with Gasteiger partial charge in [0.2, 0.25) is 0 Å². The number of ketones is 1. The molecule has 16 heavy (non-hydrogen) atoms. The summed E-state index contributed by atoms with van der Waals surface area (Å²) in [6.45, 7) is -2.83. The number of benzene rings is 1. The van der Waals surface area contributed by atoms with Gasteiger partial charge in [-0.3, -0.25) is 4.79 Å². The summed E-state index contributed by atoms with van der Waals surface area (Å²) in [7, 11) is 0. The van der Waals surface area contributed by atoms with Crippen LogP contribution in [0.2, 0.25) is 0 Å². The summed E-state index contributed by atoms with van der Waals surface area (Å²) in [5.41, 5.74) is 0.812. The zero-order valence-corrected chi connectivity index (χ0v) is 11.8. The van der Waals surface area contributed by atoms with E-state index in [0.717, 1.165) is 9.13 Å². The van der Waals surface area contributed by atoms with E-state index in [1.165, 1.54) is 12.1 Å². The van der Waals surface area contributed by atoms with Crippen molar-refractivity contribution in [1.29, 1.82) is 0 Å². The van der Waals surface area contributed by atoms with Gasteiger partial charge in [0.05, 0.1) is 5.33 Å². The molecule has 0 bridgehead atoms. The van der Waals surface area contributed by atoms with Crippen molar-refractivity contribution in [2.24, 2.45) is 0 Å². The van der Waals surface area contributed by atoms with E-state index < -0.39 is 6.61 Å². The minimum Gasteiger partial charge on any atom is -0.435 e. The van der Waals surface area contributed by atoms with E-state index in [1.54, 1.807) is 6.07 Å². The van der Waals surface area contributed by atoms with Gasteiger partial charge in [0, 0.05) is 9.99 Å². The second kappa shape index (κ2) is 6.48. The summed E-state index contributed by atoms with van der Waals surface area (Å²) in [6.07, 6.45) is 0.290. The highest BCUT2D eigenvalue weighted by Gasteiger charge is 2.09. The zero-order valence-electron chi connectivity index (χ0n) is 8.05. The van der Waals surface area contributed by atoms with E-state index in [2.05, 4.69) is 20.7 Å². The lowest BCUT2D eigenvalue weighted by molar-refractivity contribution is -0.115. The molecule has 88 valence electrons. The van der Waals surface area contributed by atoms with E-state index >= 15 is 0 Å². The molecule has 0 aliphatic heterocycles. The first-order valence-electron chi connectivity index (χ1n) is 4.34. The first kappa shape index (κ1) is 13.8. The van der Waals surface area contributed by atoms with Gasteiger partial charge in [-0.1, -0.05) is 22.0 Å². The first-order valence-corrected chi connectivity index (χ1v) is 6.54. The summed E-state index contributed by atoms with van der Waals surface area (Å²) < 4.78 is 28.9. The molecule has 6 heteroatoms. The van der Waals surface area contributed by atoms with Gasteiger partial charge in [0.25, 0.3) is 0 Å². The third-order valence-electron chi connectivity index (χ3n) is 1.79. The maximum atomic E-state index is 11.9. The Labute approximate surface area is 114 Å². The molecule has 0 aliphatic carbocycles. The van der Waals surface area contributed by atoms with E-state index in [9.17, 15) is 13.6 Å². The Morgan fingerprint density at radius 1 is 1.50 bits per heavy atom.